The molecule has 16 heavy (non-hydrogen) atoms. The average Bonchev–Trinajstić information content (AvgIpc) is 2.29. The summed E-state index contributed by atoms with van der Waals surface area (Å²) in [4.78, 5) is 0. The SMILES string of the molecule is Cc1[c-]ccc2c1ccc1ccccc12.[Ir]. The van der Waals surface area contributed by atoms with Gasteiger partial charge in [-0.25, -0.2) is 0 Å². The first-order valence-electron chi connectivity index (χ1n) is 5.15. The predicted octanol–water partition coefficient (Wildman–Crippen LogP) is 4.10. The molecule has 0 saturated carbocycles. The Labute approximate surface area is 109 Å². The van der Waals surface area contributed by atoms with E-state index in [2.05, 4.69) is 55.5 Å². The molecule has 0 heterocycles. The third kappa shape index (κ3) is 1.67. The van der Waals surface area contributed by atoms with Crippen LogP contribution in [0.3, 0.4) is 0 Å². The van der Waals surface area contributed by atoms with E-state index in [9.17, 15) is 0 Å². The van der Waals surface area contributed by atoms with Gasteiger partial charge in [-0.3, -0.25) is 0 Å². The van der Waals surface area contributed by atoms with Gasteiger partial charge in [0.2, 0.25) is 0 Å². The molecule has 0 aliphatic heterocycles. The molecule has 3 aromatic carbocycles. The number of hydrogen-bond acceptors (Lipinski definition) is 0. The summed E-state index contributed by atoms with van der Waals surface area (Å²) in [6.45, 7) is 2.11. The van der Waals surface area contributed by atoms with E-state index < -0.39 is 0 Å². The Morgan fingerprint density at radius 2 is 1.62 bits per heavy atom. The Kier molecular flexibility index (Phi) is 3.09. The molecule has 3 aromatic rings. The maximum atomic E-state index is 3.24. The summed E-state index contributed by atoms with van der Waals surface area (Å²) in [5.41, 5.74) is 1.22. The van der Waals surface area contributed by atoms with Gasteiger partial charge < -0.3 is 0 Å². The second-order valence-corrected chi connectivity index (χ2v) is 3.85. The summed E-state index contributed by atoms with van der Waals surface area (Å²) in [6, 6.07) is 20.3. The molecule has 3 rings (SSSR count). The molecule has 0 nitrogen and oxygen atoms in total. The topological polar surface area (TPSA) is 0 Å². The average molecular weight is 383 g/mol. The fourth-order valence-electron chi connectivity index (χ4n) is 2.13. The number of fused-ring (bicyclic) bond motifs is 3. The van der Waals surface area contributed by atoms with E-state index in [1.165, 1.54) is 27.1 Å². The maximum absolute atomic E-state index is 3.24. The van der Waals surface area contributed by atoms with Crippen molar-refractivity contribution in [3.63, 3.8) is 0 Å². The van der Waals surface area contributed by atoms with Gasteiger partial charge in [-0.2, -0.15) is 23.8 Å². The smallest absolute Gasteiger partial charge is 0 e. The van der Waals surface area contributed by atoms with E-state index in [-0.39, 0.29) is 20.1 Å². The van der Waals surface area contributed by atoms with Gasteiger partial charge in [0.25, 0.3) is 0 Å². The largest absolute Gasteiger partial charge is 0.180 e. The summed E-state index contributed by atoms with van der Waals surface area (Å²) in [7, 11) is 0. The first-order chi connectivity index (χ1) is 7.36. The standard InChI is InChI=1S/C15H11.Ir/c1-11-5-4-8-15-13(11)10-9-12-6-2-3-7-14(12)15;/h2-4,6-10H,1H3;/q-1;. The summed E-state index contributed by atoms with van der Waals surface area (Å²) >= 11 is 0. The molecule has 0 aliphatic rings. The Morgan fingerprint density at radius 3 is 2.50 bits per heavy atom. The van der Waals surface area contributed by atoms with Gasteiger partial charge in [0.05, 0.1) is 0 Å². The molecular formula is C15H11Ir-. The monoisotopic (exact) mass is 384 g/mol. The van der Waals surface area contributed by atoms with E-state index in [0.29, 0.717) is 0 Å². The van der Waals surface area contributed by atoms with Crippen molar-refractivity contribution in [1.82, 2.24) is 0 Å². The first-order valence-corrected chi connectivity index (χ1v) is 5.15. The van der Waals surface area contributed by atoms with Crippen molar-refractivity contribution >= 4 is 21.5 Å². The van der Waals surface area contributed by atoms with Gasteiger partial charge in [-0.05, 0) is 10.8 Å². The predicted molar refractivity (Wildman–Crippen MR) is 65.0 cm³/mol. The fourth-order valence-corrected chi connectivity index (χ4v) is 2.13. The molecule has 0 saturated heterocycles. The van der Waals surface area contributed by atoms with Crippen molar-refractivity contribution < 1.29 is 20.1 Å². The van der Waals surface area contributed by atoms with Crippen LogP contribution in [-0.2, 0) is 20.1 Å². The Bertz CT molecular complexity index is 641. The van der Waals surface area contributed by atoms with Gasteiger partial charge in [0, 0.05) is 20.1 Å². The zero-order chi connectivity index (χ0) is 10.3. The Balaban J connectivity index is 0.000000963. The molecule has 0 aliphatic carbocycles. The van der Waals surface area contributed by atoms with Crippen LogP contribution in [0.4, 0.5) is 0 Å². The van der Waals surface area contributed by atoms with Gasteiger partial charge in [0.15, 0.2) is 0 Å². The third-order valence-corrected chi connectivity index (χ3v) is 2.92. The van der Waals surface area contributed by atoms with Gasteiger partial charge in [0.1, 0.15) is 0 Å². The third-order valence-electron chi connectivity index (χ3n) is 2.92. The quantitative estimate of drug-likeness (QED) is 0.405. The molecule has 0 atom stereocenters. The van der Waals surface area contributed by atoms with Crippen LogP contribution in [0.15, 0.2) is 48.5 Å². The summed E-state index contributed by atoms with van der Waals surface area (Å²) in [6.07, 6.45) is 0. The normalized spacial score (nSPS) is 10.3. The first kappa shape index (κ1) is 11.3. The molecule has 0 fully saturated rings. The van der Waals surface area contributed by atoms with E-state index in [4.69, 9.17) is 0 Å². The van der Waals surface area contributed by atoms with Crippen LogP contribution < -0.4 is 0 Å². The summed E-state index contributed by atoms with van der Waals surface area (Å²) in [5, 5.41) is 5.25. The van der Waals surface area contributed by atoms with Crippen LogP contribution >= 0.6 is 0 Å². The summed E-state index contributed by atoms with van der Waals surface area (Å²) < 4.78 is 0. The van der Waals surface area contributed by atoms with Crippen molar-refractivity contribution in [3.05, 3.63) is 60.2 Å². The second-order valence-electron chi connectivity index (χ2n) is 3.85. The van der Waals surface area contributed by atoms with Crippen LogP contribution in [-0.4, -0.2) is 0 Å². The van der Waals surface area contributed by atoms with E-state index in [1.807, 2.05) is 6.07 Å². The van der Waals surface area contributed by atoms with Crippen molar-refractivity contribution in [3.8, 4) is 0 Å². The van der Waals surface area contributed by atoms with Gasteiger partial charge in [-0.15, -0.1) is 16.8 Å². The minimum Gasteiger partial charge on any atom is -0.180 e. The molecule has 0 spiro atoms. The Morgan fingerprint density at radius 1 is 0.812 bits per heavy atom. The number of benzene rings is 3. The van der Waals surface area contributed by atoms with Crippen molar-refractivity contribution in [2.24, 2.45) is 0 Å². The molecule has 0 unspecified atom stereocenters. The minimum atomic E-state index is 0. The van der Waals surface area contributed by atoms with Gasteiger partial charge >= 0.3 is 0 Å². The van der Waals surface area contributed by atoms with E-state index in [0.717, 1.165) is 0 Å². The molecular weight excluding hydrogens is 372 g/mol. The molecule has 81 valence electrons. The van der Waals surface area contributed by atoms with Crippen LogP contribution in [0.2, 0.25) is 0 Å². The number of hydrogen-bond donors (Lipinski definition) is 0. The Hall–Kier alpha value is -1.17. The van der Waals surface area contributed by atoms with E-state index >= 15 is 0 Å². The van der Waals surface area contributed by atoms with Crippen molar-refractivity contribution in [2.45, 2.75) is 6.92 Å². The maximum Gasteiger partial charge on any atom is 0 e. The molecule has 0 aromatic heterocycles. The molecule has 0 amide bonds. The van der Waals surface area contributed by atoms with Gasteiger partial charge in [-0.1, -0.05) is 37.3 Å². The van der Waals surface area contributed by atoms with Crippen molar-refractivity contribution in [2.75, 3.05) is 0 Å². The summed E-state index contributed by atoms with van der Waals surface area (Å²) in [5.74, 6) is 0. The fraction of sp³-hybridized carbons (Fsp3) is 0.0667. The van der Waals surface area contributed by atoms with Crippen LogP contribution in [0.1, 0.15) is 5.56 Å². The molecule has 1 heteroatoms. The van der Waals surface area contributed by atoms with Crippen LogP contribution in [0.25, 0.3) is 21.5 Å². The zero-order valence-electron chi connectivity index (χ0n) is 8.95. The van der Waals surface area contributed by atoms with Crippen molar-refractivity contribution in [1.29, 1.82) is 0 Å². The molecule has 0 bridgehead atoms. The molecule has 1 radical (unpaired) electrons. The van der Waals surface area contributed by atoms with E-state index in [1.54, 1.807) is 0 Å². The second kappa shape index (κ2) is 4.37. The van der Waals surface area contributed by atoms with Crippen LogP contribution in [0, 0.1) is 13.0 Å². The number of rotatable bonds is 0. The van der Waals surface area contributed by atoms with Crippen LogP contribution in [0.5, 0.6) is 0 Å². The molecule has 0 N–H and O–H groups in total. The number of aryl methyl sites for hydroxylation is 1. The minimum absolute atomic E-state index is 0. The zero-order valence-corrected chi connectivity index (χ0v) is 11.3.